The van der Waals surface area contributed by atoms with Crippen LogP contribution in [0.25, 0.3) is 0 Å². The molecule has 0 radical (unpaired) electrons. The molecule has 6 nitrogen and oxygen atoms in total. The monoisotopic (exact) mass is 369 g/mol. The fourth-order valence-electron chi connectivity index (χ4n) is 2.53. The first-order valence-corrected chi connectivity index (χ1v) is 9.94. The van der Waals surface area contributed by atoms with Crippen molar-refractivity contribution >= 4 is 17.7 Å². The zero-order chi connectivity index (χ0) is 20.1. The van der Waals surface area contributed by atoms with Crippen LogP contribution in [-0.4, -0.2) is 72.7 Å². The van der Waals surface area contributed by atoms with E-state index in [0.717, 1.165) is 12.8 Å². The number of carbonyl (C=O) groups is 3. The first-order chi connectivity index (χ1) is 12.2. The molecule has 0 aliphatic rings. The summed E-state index contributed by atoms with van der Waals surface area (Å²) in [4.78, 5) is 40.9. The smallest absolute Gasteiger partial charge is 0.242 e. The second kappa shape index (κ2) is 13.6. The number of carbonyl (C=O) groups excluding carboxylic acids is 3. The van der Waals surface area contributed by atoms with Crippen molar-refractivity contribution in [2.24, 2.45) is 0 Å². The van der Waals surface area contributed by atoms with Crippen LogP contribution in [0.15, 0.2) is 0 Å². The van der Waals surface area contributed by atoms with E-state index in [1.807, 2.05) is 13.8 Å². The standard InChI is InChI=1S/C20H39N3O3/c1-7-8-9-10-11-12-13-14-18(24)21(4)15-19(25)22(5)16-20(26)23(6)17(2)3/h17H,7-16H2,1-6H3. The largest absolute Gasteiger partial charge is 0.342 e. The van der Waals surface area contributed by atoms with Crippen molar-refractivity contribution in [2.45, 2.75) is 78.2 Å². The average Bonchev–Trinajstić information content (AvgIpc) is 2.59. The van der Waals surface area contributed by atoms with E-state index < -0.39 is 0 Å². The lowest BCUT2D eigenvalue weighted by atomic mass is 10.1. The second-order valence-corrected chi connectivity index (χ2v) is 7.47. The van der Waals surface area contributed by atoms with Crippen LogP contribution in [0, 0.1) is 0 Å². The lowest BCUT2D eigenvalue weighted by molar-refractivity contribution is -0.142. The quantitative estimate of drug-likeness (QED) is 0.469. The van der Waals surface area contributed by atoms with Gasteiger partial charge in [0.25, 0.3) is 0 Å². The summed E-state index contributed by atoms with van der Waals surface area (Å²) < 4.78 is 0. The maximum absolute atomic E-state index is 12.2. The average molecular weight is 370 g/mol. The molecule has 0 aromatic heterocycles. The normalized spacial score (nSPS) is 10.7. The van der Waals surface area contributed by atoms with Gasteiger partial charge in [0.15, 0.2) is 0 Å². The minimum absolute atomic E-state index is 0.00840. The van der Waals surface area contributed by atoms with Crippen molar-refractivity contribution in [1.82, 2.24) is 14.7 Å². The minimum Gasteiger partial charge on any atom is -0.342 e. The van der Waals surface area contributed by atoms with Crippen LogP contribution < -0.4 is 0 Å². The van der Waals surface area contributed by atoms with Gasteiger partial charge in [0.2, 0.25) is 17.7 Å². The number of rotatable bonds is 13. The molecule has 0 aromatic carbocycles. The van der Waals surface area contributed by atoms with E-state index in [4.69, 9.17) is 0 Å². The van der Waals surface area contributed by atoms with Crippen LogP contribution in [0.2, 0.25) is 0 Å². The van der Waals surface area contributed by atoms with Crippen LogP contribution >= 0.6 is 0 Å². The lowest BCUT2D eigenvalue weighted by Crippen LogP contribution is -2.45. The van der Waals surface area contributed by atoms with Crippen molar-refractivity contribution in [3.05, 3.63) is 0 Å². The Hall–Kier alpha value is -1.59. The molecule has 0 bridgehead atoms. The summed E-state index contributed by atoms with van der Waals surface area (Å²) in [6.45, 7) is 6.11. The van der Waals surface area contributed by atoms with Crippen molar-refractivity contribution in [2.75, 3.05) is 34.2 Å². The van der Waals surface area contributed by atoms with Crippen LogP contribution in [-0.2, 0) is 14.4 Å². The van der Waals surface area contributed by atoms with Gasteiger partial charge in [0.05, 0.1) is 13.1 Å². The van der Waals surface area contributed by atoms with Crippen molar-refractivity contribution in [1.29, 1.82) is 0 Å². The molecule has 0 aliphatic heterocycles. The Balaban J connectivity index is 4.08. The van der Waals surface area contributed by atoms with E-state index in [2.05, 4.69) is 6.92 Å². The summed E-state index contributed by atoms with van der Waals surface area (Å²) in [5.74, 6) is -0.329. The van der Waals surface area contributed by atoms with E-state index in [-0.39, 0.29) is 36.9 Å². The Kier molecular flexibility index (Phi) is 12.8. The molecule has 0 N–H and O–H groups in total. The minimum atomic E-state index is -0.217. The predicted molar refractivity (Wildman–Crippen MR) is 106 cm³/mol. The third kappa shape index (κ3) is 10.4. The molecule has 0 spiro atoms. The van der Waals surface area contributed by atoms with Crippen molar-refractivity contribution < 1.29 is 14.4 Å². The van der Waals surface area contributed by atoms with Crippen LogP contribution in [0.1, 0.15) is 72.1 Å². The maximum Gasteiger partial charge on any atom is 0.242 e. The molecule has 0 unspecified atom stereocenters. The number of nitrogens with zero attached hydrogens (tertiary/aromatic N) is 3. The molecule has 6 heteroatoms. The molecule has 0 aromatic rings. The Morgan fingerprint density at radius 3 is 1.69 bits per heavy atom. The zero-order valence-corrected chi connectivity index (χ0v) is 17.7. The summed E-state index contributed by atoms with van der Waals surface area (Å²) in [5, 5.41) is 0. The molecular formula is C20H39N3O3. The van der Waals surface area contributed by atoms with Gasteiger partial charge in [-0.1, -0.05) is 45.4 Å². The molecule has 0 fully saturated rings. The highest BCUT2D eigenvalue weighted by Crippen LogP contribution is 2.09. The molecule has 0 rings (SSSR count). The van der Waals surface area contributed by atoms with Crippen LogP contribution in [0.4, 0.5) is 0 Å². The Morgan fingerprint density at radius 1 is 0.692 bits per heavy atom. The van der Waals surface area contributed by atoms with Gasteiger partial charge < -0.3 is 14.7 Å². The van der Waals surface area contributed by atoms with E-state index in [1.54, 1.807) is 26.0 Å². The topological polar surface area (TPSA) is 60.9 Å². The van der Waals surface area contributed by atoms with E-state index in [0.29, 0.717) is 6.42 Å². The van der Waals surface area contributed by atoms with Gasteiger partial charge in [-0.05, 0) is 20.3 Å². The molecule has 0 atom stereocenters. The SMILES string of the molecule is CCCCCCCCCC(=O)N(C)CC(=O)N(C)CC(=O)N(C)C(C)C. The van der Waals surface area contributed by atoms with Crippen LogP contribution in [0.5, 0.6) is 0 Å². The first-order valence-electron chi connectivity index (χ1n) is 9.94. The van der Waals surface area contributed by atoms with Crippen molar-refractivity contribution in [3.8, 4) is 0 Å². The molecule has 3 amide bonds. The molecule has 0 saturated heterocycles. The highest BCUT2D eigenvalue weighted by atomic mass is 16.2. The van der Waals surface area contributed by atoms with Gasteiger partial charge in [0.1, 0.15) is 0 Å². The summed E-state index contributed by atoms with van der Waals surface area (Å²) in [6.07, 6.45) is 8.62. The second-order valence-electron chi connectivity index (χ2n) is 7.47. The molecule has 0 saturated carbocycles. The third-order valence-electron chi connectivity index (χ3n) is 4.76. The number of amides is 3. The van der Waals surface area contributed by atoms with Gasteiger partial charge in [-0.25, -0.2) is 0 Å². The maximum atomic E-state index is 12.2. The van der Waals surface area contributed by atoms with E-state index >= 15 is 0 Å². The molecular weight excluding hydrogens is 330 g/mol. The zero-order valence-electron chi connectivity index (χ0n) is 17.7. The Bertz CT molecular complexity index is 438. The Labute approximate surface area is 159 Å². The fourth-order valence-corrected chi connectivity index (χ4v) is 2.53. The molecule has 0 aliphatic carbocycles. The number of likely N-dealkylation sites (N-methyl/N-ethyl adjacent to an activating group) is 3. The van der Waals surface area contributed by atoms with Gasteiger partial charge >= 0.3 is 0 Å². The lowest BCUT2D eigenvalue weighted by Gasteiger charge is -2.26. The predicted octanol–water partition coefficient (Wildman–Crippen LogP) is 2.91. The molecule has 26 heavy (non-hydrogen) atoms. The third-order valence-corrected chi connectivity index (χ3v) is 4.76. The summed E-state index contributed by atoms with van der Waals surface area (Å²) >= 11 is 0. The van der Waals surface area contributed by atoms with E-state index in [9.17, 15) is 14.4 Å². The summed E-state index contributed by atoms with van der Waals surface area (Å²) in [7, 11) is 4.98. The van der Waals surface area contributed by atoms with Gasteiger partial charge in [-0.2, -0.15) is 0 Å². The highest BCUT2D eigenvalue weighted by Gasteiger charge is 2.20. The Morgan fingerprint density at radius 2 is 1.15 bits per heavy atom. The number of unbranched alkanes of at least 4 members (excludes halogenated alkanes) is 6. The first kappa shape index (κ1) is 24.4. The van der Waals surface area contributed by atoms with Crippen LogP contribution in [0.3, 0.4) is 0 Å². The van der Waals surface area contributed by atoms with Gasteiger partial charge in [-0.15, -0.1) is 0 Å². The summed E-state index contributed by atoms with van der Waals surface area (Å²) in [5.41, 5.74) is 0. The molecule has 0 heterocycles. The fraction of sp³-hybridized carbons (Fsp3) is 0.850. The number of hydrogen-bond donors (Lipinski definition) is 0. The summed E-state index contributed by atoms with van der Waals surface area (Å²) in [6, 6.07) is 0.0947. The van der Waals surface area contributed by atoms with Crippen molar-refractivity contribution in [3.63, 3.8) is 0 Å². The molecule has 152 valence electrons. The highest BCUT2D eigenvalue weighted by molar-refractivity contribution is 5.88. The van der Waals surface area contributed by atoms with Gasteiger partial charge in [-0.3, -0.25) is 14.4 Å². The van der Waals surface area contributed by atoms with Gasteiger partial charge in [0, 0.05) is 33.6 Å². The number of hydrogen-bond acceptors (Lipinski definition) is 3. The van der Waals surface area contributed by atoms with E-state index in [1.165, 1.54) is 41.9 Å².